The van der Waals surface area contributed by atoms with Crippen LogP contribution in [0.4, 0.5) is 11.5 Å². The standard InChI is InChI=1S/C19H21N3O2/c23-17(14-7-8-14)12-21-18-15(5-3-10-20-18)19(24)22-11-9-13-4-1-2-6-16(13)22/h1-6,10,14,17,23H,7-9,11-12H2,(H,20,21)/t17-/m0/s1. The van der Waals surface area contributed by atoms with Crippen molar-refractivity contribution in [2.75, 3.05) is 23.3 Å². The highest BCUT2D eigenvalue weighted by atomic mass is 16.3. The Kier molecular flexibility index (Phi) is 3.94. The van der Waals surface area contributed by atoms with Gasteiger partial charge in [-0.05, 0) is 48.9 Å². The first-order valence-electron chi connectivity index (χ1n) is 8.51. The molecule has 1 saturated carbocycles. The van der Waals surface area contributed by atoms with Crippen LogP contribution in [0.1, 0.15) is 28.8 Å². The van der Waals surface area contributed by atoms with Crippen molar-refractivity contribution in [1.29, 1.82) is 0 Å². The van der Waals surface area contributed by atoms with E-state index in [2.05, 4.69) is 16.4 Å². The van der Waals surface area contributed by atoms with Crippen LogP contribution in [0, 0.1) is 5.92 Å². The molecule has 1 aromatic heterocycles. The normalized spacial score (nSPS) is 17.5. The highest BCUT2D eigenvalue weighted by Crippen LogP contribution is 2.33. The lowest BCUT2D eigenvalue weighted by molar-refractivity contribution is 0.0989. The molecule has 1 aromatic carbocycles. The molecule has 5 heteroatoms. The Morgan fingerprint density at radius 3 is 2.96 bits per heavy atom. The van der Waals surface area contributed by atoms with Crippen molar-refractivity contribution < 1.29 is 9.90 Å². The second-order valence-corrected chi connectivity index (χ2v) is 6.52. The van der Waals surface area contributed by atoms with E-state index in [1.807, 2.05) is 23.1 Å². The van der Waals surface area contributed by atoms with Crippen molar-refractivity contribution in [1.82, 2.24) is 4.98 Å². The maximum atomic E-state index is 13.0. The maximum Gasteiger partial charge on any atom is 0.262 e. The summed E-state index contributed by atoms with van der Waals surface area (Å²) in [6, 6.07) is 11.6. The van der Waals surface area contributed by atoms with Gasteiger partial charge in [0.05, 0.1) is 11.7 Å². The lowest BCUT2D eigenvalue weighted by atomic mass is 10.1. The molecule has 2 heterocycles. The van der Waals surface area contributed by atoms with Gasteiger partial charge < -0.3 is 15.3 Å². The van der Waals surface area contributed by atoms with Crippen molar-refractivity contribution in [2.24, 2.45) is 5.92 Å². The number of para-hydroxylation sites is 1. The SMILES string of the molecule is O=C(c1cccnc1NC[C@H](O)C1CC1)N1CCc2ccccc21. The molecule has 1 fully saturated rings. The monoisotopic (exact) mass is 323 g/mol. The number of benzene rings is 1. The molecule has 5 nitrogen and oxygen atoms in total. The zero-order valence-corrected chi connectivity index (χ0v) is 13.5. The molecule has 2 aromatic rings. The quantitative estimate of drug-likeness (QED) is 0.887. The van der Waals surface area contributed by atoms with E-state index >= 15 is 0 Å². The molecule has 4 rings (SSSR count). The summed E-state index contributed by atoms with van der Waals surface area (Å²) < 4.78 is 0. The van der Waals surface area contributed by atoms with Gasteiger partial charge in [-0.15, -0.1) is 0 Å². The summed E-state index contributed by atoms with van der Waals surface area (Å²) in [5.41, 5.74) is 2.74. The molecule has 0 radical (unpaired) electrons. The van der Waals surface area contributed by atoms with Gasteiger partial charge in [-0.3, -0.25) is 4.79 Å². The van der Waals surface area contributed by atoms with Crippen LogP contribution >= 0.6 is 0 Å². The molecule has 1 amide bonds. The lowest BCUT2D eigenvalue weighted by Crippen LogP contribution is -2.30. The molecule has 124 valence electrons. The highest BCUT2D eigenvalue weighted by molar-refractivity contribution is 6.10. The molecule has 0 unspecified atom stereocenters. The first kappa shape index (κ1) is 15.1. The van der Waals surface area contributed by atoms with Gasteiger partial charge in [-0.1, -0.05) is 18.2 Å². The number of nitrogens with zero attached hydrogens (tertiary/aromatic N) is 2. The average Bonchev–Trinajstić information content (AvgIpc) is 3.39. The molecule has 0 saturated heterocycles. The zero-order valence-electron chi connectivity index (χ0n) is 13.5. The van der Waals surface area contributed by atoms with E-state index in [1.54, 1.807) is 18.3 Å². The Hall–Kier alpha value is -2.40. The number of carbonyl (C=O) groups excluding carboxylic acids is 1. The van der Waals surface area contributed by atoms with Gasteiger partial charge in [0.25, 0.3) is 5.91 Å². The number of pyridine rings is 1. The van der Waals surface area contributed by atoms with Crippen molar-refractivity contribution in [2.45, 2.75) is 25.4 Å². The Morgan fingerprint density at radius 1 is 1.29 bits per heavy atom. The topological polar surface area (TPSA) is 65.5 Å². The number of rotatable bonds is 5. The fourth-order valence-corrected chi connectivity index (χ4v) is 3.26. The third-order valence-electron chi connectivity index (χ3n) is 4.82. The van der Waals surface area contributed by atoms with Crippen LogP contribution in [-0.2, 0) is 6.42 Å². The maximum absolute atomic E-state index is 13.0. The second-order valence-electron chi connectivity index (χ2n) is 6.52. The molecule has 1 aliphatic heterocycles. The van der Waals surface area contributed by atoms with E-state index in [1.165, 1.54) is 5.56 Å². The number of anilines is 2. The average molecular weight is 323 g/mol. The van der Waals surface area contributed by atoms with Gasteiger partial charge in [-0.2, -0.15) is 0 Å². The van der Waals surface area contributed by atoms with Gasteiger partial charge in [0, 0.05) is 25.0 Å². The molecular weight excluding hydrogens is 302 g/mol. The van der Waals surface area contributed by atoms with Crippen molar-refractivity contribution in [3.8, 4) is 0 Å². The summed E-state index contributed by atoms with van der Waals surface area (Å²) in [7, 11) is 0. The van der Waals surface area contributed by atoms with E-state index in [0.29, 0.717) is 30.4 Å². The van der Waals surface area contributed by atoms with Crippen LogP contribution in [0.3, 0.4) is 0 Å². The van der Waals surface area contributed by atoms with E-state index in [-0.39, 0.29) is 12.0 Å². The van der Waals surface area contributed by atoms with Crippen molar-refractivity contribution in [3.63, 3.8) is 0 Å². The zero-order chi connectivity index (χ0) is 16.5. The van der Waals surface area contributed by atoms with Crippen LogP contribution < -0.4 is 10.2 Å². The number of nitrogens with one attached hydrogen (secondary N) is 1. The van der Waals surface area contributed by atoms with Crippen LogP contribution in [0.15, 0.2) is 42.6 Å². The summed E-state index contributed by atoms with van der Waals surface area (Å²) in [6.07, 6.45) is 4.34. The minimum Gasteiger partial charge on any atom is -0.391 e. The number of amides is 1. The molecule has 0 spiro atoms. The van der Waals surface area contributed by atoms with E-state index in [9.17, 15) is 9.90 Å². The minimum atomic E-state index is -0.373. The van der Waals surface area contributed by atoms with Gasteiger partial charge in [-0.25, -0.2) is 4.98 Å². The first-order valence-corrected chi connectivity index (χ1v) is 8.51. The summed E-state index contributed by atoms with van der Waals surface area (Å²) in [5, 5.41) is 13.2. The summed E-state index contributed by atoms with van der Waals surface area (Å²) >= 11 is 0. The fraction of sp³-hybridized carbons (Fsp3) is 0.368. The number of aromatic nitrogens is 1. The third-order valence-corrected chi connectivity index (χ3v) is 4.82. The fourth-order valence-electron chi connectivity index (χ4n) is 3.26. The van der Waals surface area contributed by atoms with Crippen LogP contribution in [0.2, 0.25) is 0 Å². The molecule has 24 heavy (non-hydrogen) atoms. The van der Waals surface area contributed by atoms with Crippen LogP contribution in [0.5, 0.6) is 0 Å². The molecule has 1 atom stereocenters. The molecule has 2 N–H and O–H groups in total. The number of hydrogen-bond acceptors (Lipinski definition) is 4. The predicted octanol–water partition coefficient (Wildman–Crippen LogP) is 2.47. The van der Waals surface area contributed by atoms with Gasteiger partial charge >= 0.3 is 0 Å². The molecular formula is C19H21N3O2. The highest BCUT2D eigenvalue weighted by Gasteiger charge is 2.30. The Morgan fingerprint density at radius 2 is 2.12 bits per heavy atom. The smallest absolute Gasteiger partial charge is 0.262 e. The third kappa shape index (κ3) is 2.87. The van der Waals surface area contributed by atoms with Crippen LogP contribution in [0.25, 0.3) is 0 Å². The summed E-state index contributed by atoms with van der Waals surface area (Å²) in [4.78, 5) is 19.1. The van der Waals surface area contributed by atoms with E-state index < -0.39 is 0 Å². The Balaban J connectivity index is 1.54. The minimum absolute atomic E-state index is 0.0449. The van der Waals surface area contributed by atoms with Gasteiger partial charge in [0.2, 0.25) is 0 Å². The lowest BCUT2D eigenvalue weighted by Gasteiger charge is -2.20. The molecule has 2 aliphatic rings. The van der Waals surface area contributed by atoms with E-state index in [0.717, 1.165) is 24.9 Å². The summed E-state index contributed by atoms with van der Waals surface area (Å²) in [6.45, 7) is 1.12. The number of hydrogen-bond donors (Lipinski definition) is 2. The number of fused-ring (bicyclic) bond motifs is 1. The number of aliphatic hydroxyl groups is 1. The van der Waals surface area contributed by atoms with Crippen molar-refractivity contribution in [3.05, 3.63) is 53.7 Å². The van der Waals surface area contributed by atoms with Gasteiger partial charge in [0.15, 0.2) is 0 Å². The molecule has 0 bridgehead atoms. The Labute approximate surface area is 141 Å². The van der Waals surface area contributed by atoms with Crippen molar-refractivity contribution >= 4 is 17.4 Å². The summed E-state index contributed by atoms with van der Waals surface area (Å²) in [5.74, 6) is 0.897. The second kappa shape index (κ2) is 6.24. The largest absolute Gasteiger partial charge is 0.391 e. The predicted molar refractivity (Wildman–Crippen MR) is 93.3 cm³/mol. The van der Waals surface area contributed by atoms with Gasteiger partial charge in [0.1, 0.15) is 5.82 Å². The Bertz CT molecular complexity index is 758. The van der Waals surface area contributed by atoms with Crippen LogP contribution in [-0.4, -0.2) is 35.2 Å². The number of aliphatic hydroxyl groups excluding tert-OH is 1. The first-order chi connectivity index (χ1) is 11.7. The number of carbonyl (C=O) groups is 1. The molecule has 1 aliphatic carbocycles. The van der Waals surface area contributed by atoms with E-state index in [4.69, 9.17) is 0 Å².